The number of anilines is 5. The van der Waals surface area contributed by atoms with Crippen LogP contribution in [-0.2, 0) is 61.1 Å². The van der Waals surface area contributed by atoms with Crippen LogP contribution in [0.3, 0.4) is 0 Å². The molecule has 6 fully saturated rings. The molecule has 9 aromatic carbocycles. The van der Waals surface area contributed by atoms with Crippen molar-refractivity contribution in [1.82, 2.24) is 34.4 Å². The van der Waals surface area contributed by atoms with Gasteiger partial charge in [-0.2, -0.15) is 4.31 Å². The lowest BCUT2D eigenvalue weighted by atomic mass is 9.94. The summed E-state index contributed by atoms with van der Waals surface area (Å²) < 4.78 is 87.2. The number of amides is 5. The lowest BCUT2D eigenvalue weighted by Crippen LogP contribution is -2.39. The first-order valence-corrected chi connectivity index (χ1v) is 52.0. The predicted octanol–water partition coefficient (Wildman–Crippen LogP) is 20.4. The Morgan fingerprint density at radius 1 is 0.360 bits per heavy atom. The highest BCUT2D eigenvalue weighted by molar-refractivity contribution is 7.89. The lowest BCUT2D eigenvalue weighted by molar-refractivity contribution is -0.119. The Balaban J connectivity index is 0.000000107. The average Bonchev–Trinajstić information content (AvgIpc) is 1.60. The smallest absolute Gasteiger partial charge is 0.243 e. The molecule has 150 heavy (non-hydrogen) atoms. The molecule has 6 N–H and O–H groups in total. The molecule has 0 atom stereocenters. The molecule has 31 nitrogen and oxygen atoms in total. The monoisotopic (exact) mass is 2030 g/mol. The quantitative estimate of drug-likeness (QED) is 0.0327. The van der Waals surface area contributed by atoms with Gasteiger partial charge in [0, 0.05) is 42.0 Å². The van der Waals surface area contributed by atoms with Crippen molar-refractivity contribution < 1.29 is 89.6 Å². The molecule has 6 aliphatic heterocycles. The van der Waals surface area contributed by atoms with E-state index in [1.54, 1.807) is 43.5 Å². The number of piperidine rings is 1. The molecular formula is C118H110N12O19S. The first kappa shape index (κ1) is 98.1. The normalized spacial score (nSPS) is 17.1. The second-order valence-corrected chi connectivity index (χ2v) is 41.5. The molecule has 762 valence electrons. The van der Waals surface area contributed by atoms with E-state index in [0.717, 1.165) is 179 Å². The minimum absolute atomic E-state index is 0.00131. The molecule has 0 bridgehead atoms. The molecule has 0 unspecified atom stereocenters. The van der Waals surface area contributed by atoms with E-state index in [1.807, 2.05) is 200 Å². The summed E-state index contributed by atoms with van der Waals surface area (Å²) in [7, 11) is -1.98. The second kappa shape index (κ2) is 41.3. The van der Waals surface area contributed by atoms with Gasteiger partial charge in [0.15, 0.2) is 63.3 Å². The van der Waals surface area contributed by atoms with E-state index in [-0.39, 0.29) is 80.9 Å². The second-order valence-electron chi connectivity index (χ2n) is 39.5. The van der Waals surface area contributed by atoms with Crippen molar-refractivity contribution in [3.05, 3.63) is 323 Å². The van der Waals surface area contributed by atoms with Crippen LogP contribution in [0.2, 0.25) is 0 Å². The van der Waals surface area contributed by atoms with E-state index < -0.39 is 37.1 Å². The highest BCUT2D eigenvalue weighted by Gasteiger charge is 2.56. The van der Waals surface area contributed by atoms with Crippen molar-refractivity contribution >= 4 is 74.2 Å². The molecule has 32 heteroatoms. The maximum absolute atomic E-state index is 13.3. The van der Waals surface area contributed by atoms with E-state index in [2.05, 4.69) is 109 Å². The number of methoxy groups -OCH3 is 1. The molecule has 5 amide bonds. The third-order valence-electron chi connectivity index (χ3n) is 29.8. The number of nitrogens with zero attached hydrogens (tertiary/aromatic N) is 7. The van der Waals surface area contributed by atoms with Crippen LogP contribution in [0.1, 0.15) is 147 Å². The summed E-state index contributed by atoms with van der Waals surface area (Å²) >= 11 is 0. The van der Waals surface area contributed by atoms with Crippen LogP contribution < -0.4 is 78.7 Å². The fourth-order valence-electron chi connectivity index (χ4n) is 20.0. The Morgan fingerprint density at radius 2 is 0.720 bits per heavy atom. The highest BCUT2D eigenvalue weighted by Crippen LogP contribution is 2.57. The number of carbonyl (C=O) groups excluding carboxylic acids is 5. The fraction of sp³-hybridized carbons (Fsp3) is 0.280. The molecule has 0 radical (unpaired) electrons. The zero-order valence-corrected chi connectivity index (χ0v) is 84.0. The van der Waals surface area contributed by atoms with Crippen molar-refractivity contribution in [1.29, 1.82) is 0 Å². The summed E-state index contributed by atoms with van der Waals surface area (Å²) in [6, 6.07) is 83.6. The number of pyridine rings is 4. The first-order chi connectivity index (χ1) is 73.0. The number of aliphatic hydroxyl groups is 1. The highest BCUT2D eigenvalue weighted by atomic mass is 32.2. The standard InChI is InChI=1S/C28H29N3O6S.C24H22N2O3.C23H20N2O3.C22H19N3O4.C21H20N2O3/c32-17-19-10-14-31(15-11-19)38(34,35)22-7-4-20(5-8-22)23-2-1-3-26(29-23)30-27(33)28(12-13-28)21-6-9-24-25(16-21)37-18-36-24;1-15-6-7-16(2)18(12-15)19-4-3-5-22(25-19)26-23(27)24(10-11-24)17-8-9-20-21(13-17)29-14-28-20;1-15-5-7-16(8-6-15)18-3-2-4-21(24-18)25-22(26)23(11-12-23)17-9-10-19-20(13-17)28-14-27-19;1-27-17-5-3-2-4-15(17)16-7-9-20(25-24-16)23-21(26)22(10-11-22)14-6-8-18-19(12-14)29-13-28-18;24-20(23-19-7-3-6-16(22-19)14-4-1-2-5-14)21(10-11-21)15-8-9-17-18(12-15)26-13-25-17/h1-9,16,19,32H,10-15,17-18H2,(H,29,30,33);3-9,12-13H,10-11,14H2,1-2H3,(H,25,26,27);2-10,13H,11-12,14H2,1H3,(H,24,25,26);2-9,12H,10-11,13H2,1H3,(H,23,25,26);3-4,6-9,12H,1-2,5,10-11,13H2,(H,22,23,24). The maximum atomic E-state index is 13.3. The molecule has 5 aromatic heterocycles. The zero-order chi connectivity index (χ0) is 103. The van der Waals surface area contributed by atoms with Crippen LogP contribution in [0, 0.1) is 26.7 Å². The van der Waals surface area contributed by atoms with Gasteiger partial charge in [0.1, 0.15) is 29.0 Å². The number of nitrogens with one attached hydrogen (secondary N) is 5. The van der Waals surface area contributed by atoms with E-state index in [1.165, 1.54) is 27.4 Å². The van der Waals surface area contributed by atoms with E-state index in [0.29, 0.717) is 101 Å². The molecule has 26 rings (SSSR count). The molecule has 5 saturated carbocycles. The van der Waals surface area contributed by atoms with Crippen LogP contribution in [0.4, 0.5) is 29.1 Å². The summed E-state index contributed by atoms with van der Waals surface area (Å²) in [5.41, 5.74) is 14.5. The maximum Gasteiger partial charge on any atom is 0.243 e. The average molecular weight is 2030 g/mol. The first-order valence-electron chi connectivity index (χ1n) is 50.5. The Bertz CT molecular complexity index is 7710. The van der Waals surface area contributed by atoms with Crippen molar-refractivity contribution in [2.75, 3.05) is 87.4 Å². The van der Waals surface area contributed by atoms with Crippen molar-refractivity contribution in [2.24, 2.45) is 5.92 Å². The number of aryl methyl sites for hydroxylation is 3. The van der Waals surface area contributed by atoms with Gasteiger partial charge in [-0.3, -0.25) is 24.0 Å². The minimum Gasteiger partial charge on any atom is -0.496 e. The number of sulfonamides is 1. The van der Waals surface area contributed by atoms with Crippen molar-refractivity contribution in [3.8, 4) is 108 Å². The fourth-order valence-corrected chi connectivity index (χ4v) is 21.5. The molecule has 6 aliphatic carbocycles. The van der Waals surface area contributed by atoms with Crippen LogP contribution >= 0.6 is 0 Å². The number of allylic oxidation sites excluding steroid dienone is 2. The van der Waals surface area contributed by atoms with Gasteiger partial charge in [-0.05, 0) is 314 Å². The number of aliphatic hydroxyl groups excluding tert-OH is 1. The zero-order valence-electron chi connectivity index (χ0n) is 83.2. The SMILES string of the molecule is COc1ccccc1-c1ccc(NC(=O)C2(c3ccc4c(c3)OCO4)CC2)nn1.Cc1ccc(-c2cccc(NC(=O)C3(c4ccc5c(c4)OCO5)CC3)n2)cc1.Cc1ccc(C)c(-c2cccc(NC(=O)C3(c4ccc5c(c4)OCO5)CC3)n2)c1.O=C(Nc1cccc(-c2ccc(S(=O)(=O)N3CCC(CO)CC3)cc2)n1)C1(c2ccc3c(c2)OCO3)CC1.O=C(Nc1cccc(C2=CCCC2)n1)C1(c2ccc3c(c2)OCO3)CC1. The van der Waals surface area contributed by atoms with Crippen LogP contribution in [0.5, 0.6) is 63.2 Å². The molecule has 11 heterocycles. The van der Waals surface area contributed by atoms with Gasteiger partial charge in [-0.1, -0.05) is 132 Å². The third-order valence-corrected chi connectivity index (χ3v) is 31.7. The van der Waals surface area contributed by atoms with Gasteiger partial charge in [0.25, 0.3) is 0 Å². The number of aromatic nitrogens is 6. The number of para-hydroxylation sites is 1. The lowest BCUT2D eigenvalue weighted by Gasteiger charge is -2.30. The van der Waals surface area contributed by atoms with Crippen molar-refractivity contribution in [3.63, 3.8) is 0 Å². The van der Waals surface area contributed by atoms with Crippen LogP contribution in [-0.4, -0.2) is 138 Å². The summed E-state index contributed by atoms with van der Waals surface area (Å²) in [6.07, 6.45) is 14.9. The van der Waals surface area contributed by atoms with Gasteiger partial charge < -0.3 is 83.8 Å². The summed E-state index contributed by atoms with van der Waals surface area (Å²) in [4.78, 5) is 84.3. The van der Waals surface area contributed by atoms with E-state index in [4.69, 9.17) is 57.1 Å². The Hall–Kier alpha value is -16.6. The van der Waals surface area contributed by atoms with Crippen LogP contribution in [0.25, 0.3) is 50.6 Å². The number of carbonyl (C=O) groups is 5. The Morgan fingerprint density at radius 3 is 1.09 bits per heavy atom. The van der Waals surface area contributed by atoms with Gasteiger partial charge in [-0.25, -0.2) is 28.4 Å². The number of hydrogen-bond acceptors (Lipinski definition) is 25. The van der Waals surface area contributed by atoms with Gasteiger partial charge in [0.05, 0.1) is 67.5 Å². The molecule has 12 aliphatic rings. The van der Waals surface area contributed by atoms with Crippen LogP contribution in [0.15, 0.2) is 278 Å². The van der Waals surface area contributed by atoms with Gasteiger partial charge >= 0.3 is 0 Å². The van der Waals surface area contributed by atoms with Gasteiger partial charge in [0.2, 0.25) is 73.5 Å². The number of hydrogen-bond donors (Lipinski definition) is 6. The number of ether oxygens (including phenoxy) is 11. The third kappa shape index (κ3) is 20.5. The molecule has 1 saturated heterocycles. The van der Waals surface area contributed by atoms with E-state index >= 15 is 0 Å². The Labute approximate surface area is 866 Å². The topological polar surface area (TPSA) is 382 Å². The van der Waals surface area contributed by atoms with E-state index in [9.17, 15) is 37.5 Å². The minimum atomic E-state index is -3.60. The summed E-state index contributed by atoms with van der Waals surface area (Å²) in [6.45, 7) is 8.20. The molecular weight excluding hydrogens is 1920 g/mol. The summed E-state index contributed by atoms with van der Waals surface area (Å²) in [5.74, 6) is 10.3. The molecule has 0 spiro atoms. The number of fused-ring (bicyclic) bond motifs is 5. The largest absolute Gasteiger partial charge is 0.496 e. The van der Waals surface area contributed by atoms with Gasteiger partial charge in [-0.15, -0.1) is 10.2 Å². The Kier molecular flexibility index (Phi) is 27.0. The van der Waals surface area contributed by atoms with Crippen molar-refractivity contribution in [2.45, 2.75) is 149 Å². The number of rotatable bonds is 24. The molecule has 14 aromatic rings. The number of benzene rings is 9. The predicted molar refractivity (Wildman–Crippen MR) is 562 cm³/mol. The summed E-state index contributed by atoms with van der Waals surface area (Å²) in [5, 5.41) is 32.7.